The van der Waals surface area contributed by atoms with Gasteiger partial charge in [0.25, 0.3) is 5.56 Å². The fourth-order valence-corrected chi connectivity index (χ4v) is 4.77. The van der Waals surface area contributed by atoms with Gasteiger partial charge in [-0.05, 0) is 19.8 Å². The number of thiazole rings is 1. The summed E-state index contributed by atoms with van der Waals surface area (Å²) in [6, 6.07) is 9.65. The highest BCUT2D eigenvalue weighted by atomic mass is 32.1. The van der Waals surface area contributed by atoms with Crippen molar-refractivity contribution < 1.29 is 9.53 Å². The van der Waals surface area contributed by atoms with E-state index < -0.39 is 17.2 Å². The van der Waals surface area contributed by atoms with E-state index in [4.69, 9.17) is 4.74 Å². The minimum absolute atomic E-state index is 0.118. The highest BCUT2D eigenvalue weighted by molar-refractivity contribution is 7.17. The first-order chi connectivity index (χ1) is 16.4. The second kappa shape index (κ2) is 10.2. The van der Waals surface area contributed by atoms with Gasteiger partial charge in [-0.3, -0.25) is 14.3 Å². The monoisotopic (exact) mass is 481 g/mol. The van der Waals surface area contributed by atoms with Crippen LogP contribution in [0, 0.1) is 6.92 Å². The molecule has 0 fully saturated rings. The van der Waals surface area contributed by atoms with Crippen LogP contribution in [-0.2, 0) is 24.4 Å². The van der Waals surface area contributed by atoms with Crippen molar-refractivity contribution in [3.05, 3.63) is 67.6 Å². The molecule has 1 N–H and O–H groups in total. The summed E-state index contributed by atoms with van der Waals surface area (Å²) in [7, 11) is 0. The fraction of sp³-hybridized carbons (Fsp3) is 0.375. The minimum Gasteiger partial charge on any atom is -0.453 e. The summed E-state index contributed by atoms with van der Waals surface area (Å²) >= 11 is 1.28. The van der Waals surface area contributed by atoms with Crippen molar-refractivity contribution in [2.24, 2.45) is 0 Å². The van der Waals surface area contributed by atoms with Crippen molar-refractivity contribution in [3.8, 4) is 10.6 Å². The zero-order chi connectivity index (χ0) is 24.2. The number of unbranched alkanes of at least 4 members (excludes halogenated alkanes) is 1. The number of aryl methyl sites for hydroxylation is 3. The lowest BCUT2D eigenvalue weighted by Gasteiger charge is -2.08. The predicted molar refractivity (Wildman–Crippen MR) is 131 cm³/mol. The van der Waals surface area contributed by atoms with Crippen LogP contribution in [-0.4, -0.2) is 30.1 Å². The number of aromatic nitrogens is 5. The maximum atomic E-state index is 12.9. The van der Waals surface area contributed by atoms with Crippen LogP contribution in [0.5, 0.6) is 0 Å². The van der Waals surface area contributed by atoms with E-state index in [2.05, 4.69) is 15.0 Å². The number of benzene rings is 1. The molecule has 4 rings (SSSR count). The Balaban J connectivity index is 1.65. The molecule has 0 bridgehead atoms. The molecular weight excluding hydrogens is 454 g/mol. The normalized spacial score (nSPS) is 11.3. The van der Waals surface area contributed by atoms with Crippen molar-refractivity contribution in [1.29, 1.82) is 0 Å². The van der Waals surface area contributed by atoms with Gasteiger partial charge in [-0.1, -0.05) is 50.6 Å². The molecule has 0 spiro atoms. The topological polar surface area (TPSA) is 112 Å². The van der Waals surface area contributed by atoms with Crippen LogP contribution in [0.1, 0.15) is 54.3 Å². The van der Waals surface area contributed by atoms with Gasteiger partial charge in [0.15, 0.2) is 11.2 Å². The molecule has 3 aromatic heterocycles. The van der Waals surface area contributed by atoms with E-state index in [1.54, 1.807) is 11.5 Å². The van der Waals surface area contributed by atoms with E-state index in [0.717, 1.165) is 29.8 Å². The molecule has 0 unspecified atom stereocenters. The lowest BCUT2D eigenvalue weighted by atomic mass is 10.2. The first-order valence-corrected chi connectivity index (χ1v) is 12.2. The molecule has 0 saturated carbocycles. The second-order valence-corrected chi connectivity index (χ2v) is 8.99. The van der Waals surface area contributed by atoms with Crippen molar-refractivity contribution in [2.45, 2.75) is 59.7 Å². The van der Waals surface area contributed by atoms with Gasteiger partial charge in [0.2, 0.25) is 0 Å². The summed E-state index contributed by atoms with van der Waals surface area (Å²) in [5.41, 5.74) is 1.21. The minimum atomic E-state index is -0.496. The van der Waals surface area contributed by atoms with Crippen LogP contribution >= 0.6 is 11.3 Å². The number of carbonyl (C=O) groups excluding carboxylic acids is 1. The van der Waals surface area contributed by atoms with E-state index in [1.165, 1.54) is 15.9 Å². The first kappa shape index (κ1) is 23.6. The van der Waals surface area contributed by atoms with Gasteiger partial charge in [0.1, 0.15) is 22.3 Å². The molecule has 0 amide bonds. The molecule has 4 aromatic rings. The second-order valence-electron chi connectivity index (χ2n) is 7.99. The summed E-state index contributed by atoms with van der Waals surface area (Å²) < 4.78 is 8.82. The Morgan fingerprint density at radius 2 is 1.82 bits per heavy atom. The van der Waals surface area contributed by atoms with Crippen LogP contribution in [0.25, 0.3) is 21.7 Å². The molecule has 10 heteroatoms. The van der Waals surface area contributed by atoms with E-state index in [9.17, 15) is 14.4 Å². The fourth-order valence-electron chi connectivity index (χ4n) is 3.80. The molecule has 34 heavy (non-hydrogen) atoms. The lowest BCUT2D eigenvalue weighted by molar-refractivity contribution is 0.0463. The molecular formula is C24H27N5O4S. The molecule has 0 radical (unpaired) electrons. The van der Waals surface area contributed by atoms with E-state index in [-0.39, 0.29) is 6.61 Å². The maximum absolute atomic E-state index is 12.9. The first-order valence-electron chi connectivity index (χ1n) is 11.4. The molecule has 9 nitrogen and oxygen atoms in total. The average Bonchev–Trinajstić information content (AvgIpc) is 3.39. The highest BCUT2D eigenvalue weighted by Gasteiger charge is 2.21. The molecule has 0 aliphatic carbocycles. The standard InChI is InChI=1S/C24H27N5O4S/c1-4-6-13-29-20-18(21(30)27-24(29)32)28(12-5-2)17(26-20)14-33-23(31)19-15(3)25-22(34-19)16-10-8-7-9-11-16/h7-11H,4-6,12-14H2,1-3H3,(H,27,30,32). The number of ether oxygens (including phenoxy) is 1. The van der Waals surface area contributed by atoms with Crippen LogP contribution in [0.3, 0.4) is 0 Å². The Morgan fingerprint density at radius 1 is 1.06 bits per heavy atom. The van der Waals surface area contributed by atoms with Gasteiger partial charge in [0, 0.05) is 18.7 Å². The zero-order valence-corrected chi connectivity index (χ0v) is 20.3. The number of hydrogen-bond acceptors (Lipinski definition) is 7. The van der Waals surface area contributed by atoms with Gasteiger partial charge in [-0.25, -0.2) is 19.6 Å². The molecule has 0 aliphatic rings. The summed E-state index contributed by atoms with van der Waals surface area (Å²) in [5.74, 6) is -0.0680. The van der Waals surface area contributed by atoms with Crippen LogP contribution < -0.4 is 11.2 Å². The Morgan fingerprint density at radius 3 is 2.53 bits per heavy atom. The summed E-state index contributed by atoms with van der Waals surface area (Å²) in [4.78, 5) is 49.8. The molecule has 0 saturated heterocycles. The number of carbonyl (C=O) groups is 1. The third kappa shape index (κ3) is 4.58. The summed E-state index contributed by atoms with van der Waals surface area (Å²) in [6.07, 6.45) is 2.42. The van der Waals surface area contributed by atoms with Crippen molar-refractivity contribution in [1.82, 2.24) is 24.1 Å². The summed E-state index contributed by atoms with van der Waals surface area (Å²) in [6.45, 7) is 6.63. The smallest absolute Gasteiger partial charge is 0.350 e. The number of aromatic amines is 1. The average molecular weight is 482 g/mol. The number of nitrogens with zero attached hydrogens (tertiary/aromatic N) is 4. The van der Waals surface area contributed by atoms with Gasteiger partial charge < -0.3 is 9.30 Å². The van der Waals surface area contributed by atoms with Gasteiger partial charge in [-0.2, -0.15) is 0 Å². The largest absolute Gasteiger partial charge is 0.453 e. The number of H-pyrrole nitrogens is 1. The Hall–Kier alpha value is -3.53. The molecule has 178 valence electrons. The lowest BCUT2D eigenvalue weighted by Crippen LogP contribution is -2.31. The van der Waals surface area contributed by atoms with Crippen LogP contribution in [0.4, 0.5) is 0 Å². The quantitative estimate of drug-likeness (QED) is 0.363. The van der Waals surface area contributed by atoms with Crippen LogP contribution in [0.15, 0.2) is 39.9 Å². The summed E-state index contributed by atoms with van der Waals surface area (Å²) in [5, 5.41) is 0.745. The zero-order valence-electron chi connectivity index (χ0n) is 19.5. The number of hydrogen-bond donors (Lipinski definition) is 1. The number of imidazole rings is 1. The molecule has 1 aromatic carbocycles. The molecule has 3 heterocycles. The van der Waals surface area contributed by atoms with E-state index >= 15 is 0 Å². The Labute approximate surface area is 200 Å². The van der Waals surface area contributed by atoms with E-state index in [1.807, 2.05) is 44.2 Å². The molecule has 0 atom stereocenters. The maximum Gasteiger partial charge on any atom is 0.350 e. The third-order valence-corrected chi connectivity index (χ3v) is 6.67. The Bertz CT molecular complexity index is 1430. The van der Waals surface area contributed by atoms with Crippen molar-refractivity contribution >= 4 is 28.5 Å². The van der Waals surface area contributed by atoms with Crippen molar-refractivity contribution in [2.75, 3.05) is 0 Å². The highest BCUT2D eigenvalue weighted by Crippen LogP contribution is 2.28. The Kier molecular flexibility index (Phi) is 7.06. The van der Waals surface area contributed by atoms with E-state index in [0.29, 0.717) is 40.6 Å². The number of esters is 1. The van der Waals surface area contributed by atoms with Crippen LogP contribution in [0.2, 0.25) is 0 Å². The third-order valence-electron chi connectivity index (χ3n) is 5.48. The SMILES string of the molecule is CCCCn1c(=O)[nH]c(=O)c2c1nc(COC(=O)c1sc(-c3ccccc3)nc1C)n2CCC. The number of fused-ring (bicyclic) bond motifs is 1. The number of rotatable bonds is 9. The van der Waals surface area contributed by atoms with Gasteiger partial charge in [0.05, 0.1) is 5.69 Å². The van der Waals surface area contributed by atoms with Gasteiger partial charge in [-0.15, -0.1) is 11.3 Å². The van der Waals surface area contributed by atoms with Gasteiger partial charge >= 0.3 is 11.7 Å². The van der Waals surface area contributed by atoms with Crippen molar-refractivity contribution in [3.63, 3.8) is 0 Å². The number of nitrogens with one attached hydrogen (secondary N) is 1. The predicted octanol–water partition coefficient (Wildman–Crippen LogP) is 3.89. The molecule has 0 aliphatic heterocycles.